The maximum Gasteiger partial charge on any atom is 0.231 e. The van der Waals surface area contributed by atoms with Gasteiger partial charge in [0.05, 0.1) is 12.2 Å². The number of hydrogen-bond acceptors (Lipinski definition) is 5. The van der Waals surface area contributed by atoms with Crippen LogP contribution in [0.25, 0.3) is 0 Å². The summed E-state index contributed by atoms with van der Waals surface area (Å²) in [5.41, 5.74) is 9.15. The molecule has 1 rings (SSSR count). The third-order valence-electron chi connectivity index (χ3n) is 1.74. The minimum Gasteiger partial charge on any atom is -0.329 e. The van der Waals surface area contributed by atoms with Crippen molar-refractivity contribution in [1.82, 2.24) is 10.4 Å². The van der Waals surface area contributed by atoms with E-state index in [1.54, 1.807) is 17.9 Å². The first-order valence-corrected chi connectivity index (χ1v) is 5.02. The lowest BCUT2D eigenvalue weighted by molar-refractivity contribution is -0.559. The Hall–Kier alpha value is -1.82. The topological polar surface area (TPSA) is 78.7 Å². The molecule has 0 aromatic carbocycles. The Morgan fingerprint density at radius 3 is 3.00 bits per heavy atom. The van der Waals surface area contributed by atoms with Gasteiger partial charge in [-0.3, -0.25) is 4.98 Å². The zero-order valence-electron chi connectivity index (χ0n) is 9.37. The van der Waals surface area contributed by atoms with Crippen LogP contribution < -0.4 is 11.2 Å². The van der Waals surface area contributed by atoms with Crippen molar-refractivity contribution in [3.05, 3.63) is 30.1 Å². The second-order valence-electron chi connectivity index (χ2n) is 3.25. The maximum absolute atomic E-state index is 5.34. The zero-order valence-corrected chi connectivity index (χ0v) is 9.37. The predicted octanol–water partition coefficient (Wildman–Crippen LogP) is 0.339. The lowest BCUT2D eigenvalue weighted by atomic mass is 10.3. The van der Waals surface area contributed by atoms with Crippen LogP contribution in [0.1, 0.15) is 11.9 Å². The summed E-state index contributed by atoms with van der Waals surface area (Å²) < 4.78 is 1.57. The molecule has 0 fully saturated rings. The van der Waals surface area contributed by atoms with Gasteiger partial charge in [0, 0.05) is 12.7 Å². The van der Waals surface area contributed by atoms with E-state index in [-0.39, 0.29) is 6.17 Å². The molecule has 1 aromatic heterocycles. The van der Waals surface area contributed by atoms with Crippen LogP contribution in [0.4, 0.5) is 0 Å². The van der Waals surface area contributed by atoms with Gasteiger partial charge in [0.25, 0.3) is 0 Å². The van der Waals surface area contributed by atoms with Crippen molar-refractivity contribution in [2.75, 3.05) is 20.1 Å². The number of nitrogens with two attached hydrogens (primary N) is 1. The van der Waals surface area contributed by atoms with Crippen molar-refractivity contribution in [1.29, 1.82) is 0 Å². The van der Waals surface area contributed by atoms with Gasteiger partial charge in [-0.25, -0.2) is 0 Å². The number of aromatic nitrogens is 1. The van der Waals surface area contributed by atoms with Gasteiger partial charge >= 0.3 is 0 Å². The summed E-state index contributed by atoms with van der Waals surface area (Å²) in [5.74, 6) is 0. The molecule has 0 spiro atoms. The van der Waals surface area contributed by atoms with Crippen LogP contribution in [0, 0.1) is 0 Å². The maximum atomic E-state index is 5.34. The SMILES string of the molecule is C=[N+](C)NC(N=NCCN)c1ccccn1. The first kappa shape index (κ1) is 12.3. The van der Waals surface area contributed by atoms with Gasteiger partial charge in [0.1, 0.15) is 0 Å². The van der Waals surface area contributed by atoms with E-state index in [0.717, 1.165) is 5.69 Å². The van der Waals surface area contributed by atoms with E-state index in [9.17, 15) is 0 Å². The summed E-state index contributed by atoms with van der Waals surface area (Å²) in [7, 11) is 1.79. The number of rotatable bonds is 6. The van der Waals surface area contributed by atoms with Gasteiger partial charge in [-0.2, -0.15) is 15.7 Å². The Balaban J connectivity index is 2.75. The summed E-state index contributed by atoms with van der Waals surface area (Å²) >= 11 is 0. The van der Waals surface area contributed by atoms with E-state index in [0.29, 0.717) is 13.1 Å². The molecule has 1 aromatic rings. The molecule has 6 nitrogen and oxygen atoms in total. The van der Waals surface area contributed by atoms with Crippen LogP contribution in [0.2, 0.25) is 0 Å². The molecule has 86 valence electrons. The molecule has 16 heavy (non-hydrogen) atoms. The van der Waals surface area contributed by atoms with Crippen LogP contribution in [-0.4, -0.2) is 36.5 Å². The Morgan fingerprint density at radius 2 is 2.44 bits per heavy atom. The lowest BCUT2D eigenvalue weighted by Crippen LogP contribution is -2.28. The highest BCUT2D eigenvalue weighted by Gasteiger charge is 2.13. The monoisotopic (exact) mass is 221 g/mol. The van der Waals surface area contributed by atoms with Gasteiger partial charge in [0.15, 0.2) is 13.8 Å². The molecular formula is C10H17N6+. The molecule has 0 aliphatic heterocycles. The zero-order chi connectivity index (χ0) is 11.8. The highest BCUT2D eigenvalue weighted by atomic mass is 15.5. The quantitative estimate of drug-likeness (QED) is 0.314. The molecule has 1 unspecified atom stereocenters. The van der Waals surface area contributed by atoms with Crippen LogP contribution in [0.3, 0.4) is 0 Å². The molecule has 0 saturated carbocycles. The summed E-state index contributed by atoms with van der Waals surface area (Å²) in [6.45, 7) is 4.69. The van der Waals surface area contributed by atoms with Crippen molar-refractivity contribution in [2.24, 2.45) is 16.0 Å². The third-order valence-corrected chi connectivity index (χ3v) is 1.74. The number of pyridine rings is 1. The summed E-state index contributed by atoms with van der Waals surface area (Å²) in [6.07, 6.45) is 1.39. The molecule has 0 saturated heterocycles. The molecule has 0 aliphatic rings. The van der Waals surface area contributed by atoms with Gasteiger partial charge < -0.3 is 5.73 Å². The van der Waals surface area contributed by atoms with Crippen molar-refractivity contribution in [2.45, 2.75) is 6.17 Å². The average Bonchev–Trinajstić information content (AvgIpc) is 2.29. The van der Waals surface area contributed by atoms with Gasteiger partial charge in [-0.05, 0) is 12.1 Å². The van der Waals surface area contributed by atoms with Gasteiger partial charge in [-0.1, -0.05) is 6.07 Å². The smallest absolute Gasteiger partial charge is 0.231 e. The molecule has 0 amide bonds. The number of nitrogens with one attached hydrogen (secondary N) is 1. The Labute approximate surface area is 94.9 Å². The fourth-order valence-electron chi connectivity index (χ4n) is 1.09. The molecule has 3 N–H and O–H groups in total. The molecular weight excluding hydrogens is 204 g/mol. The van der Waals surface area contributed by atoms with Crippen molar-refractivity contribution < 1.29 is 4.68 Å². The fourth-order valence-corrected chi connectivity index (χ4v) is 1.09. The number of nitrogens with zero attached hydrogens (tertiary/aromatic N) is 4. The molecule has 6 heteroatoms. The van der Waals surface area contributed by atoms with Crippen molar-refractivity contribution in [3.8, 4) is 0 Å². The molecule has 0 radical (unpaired) electrons. The molecule has 1 atom stereocenters. The van der Waals surface area contributed by atoms with E-state index >= 15 is 0 Å². The van der Waals surface area contributed by atoms with E-state index < -0.39 is 0 Å². The molecule has 1 heterocycles. The van der Waals surface area contributed by atoms with Crippen molar-refractivity contribution in [3.63, 3.8) is 0 Å². The normalized spacial score (nSPS) is 12.6. The van der Waals surface area contributed by atoms with Crippen LogP contribution in [-0.2, 0) is 0 Å². The minimum atomic E-state index is -0.324. The van der Waals surface area contributed by atoms with Crippen LogP contribution in [0.5, 0.6) is 0 Å². The van der Waals surface area contributed by atoms with Crippen LogP contribution >= 0.6 is 0 Å². The first-order valence-electron chi connectivity index (χ1n) is 5.02. The fraction of sp³-hybridized carbons (Fsp3) is 0.400. The van der Waals surface area contributed by atoms with E-state index in [1.807, 2.05) is 18.2 Å². The predicted molar refractivity (Wildman–Crippen MR) is 62.2 cm³/mol. The second kappa shape index (κ2) is 6.62. The first-order chi connectivity index (χ1) is 7.74. The van der Waals surface area contributed by atoms with E-state index in [2.05, 4.69) is 27.4 Å². The van der Waals surface area contributed by atoms with Gasteiger partial charge in [-0.15, -0.1) is 4.68 Å². The van der Waals surface area contributed by atoms with Crippen molar-refractivity contribution >= 4 is 6.72 Å². The summed E-state index contributed by atoms with van der Waals surface area (Å²) in [5, 5.41) is 8.08. The Morgan fingerprint density at radius 1 is 1.62 bits per heavy atom. The van der Waals surface area contributed by atoms with E-state index in [4.69, 9.17) is 5.73 Å². The van der Waals surface area contributed by atoms with Crippen LogP contribution in [0.15, 0.2) is 34.6 Å². The number of hydrazone groups is 1. The Bertz CT molecular complexity index is 348. The highest BCUT2D eigenvalue weighted by Crippen LogP contribution is 2.10. The average molecular weight is 221 g/mol. The third kappa shape index (κ3) is 4.14. The molecule has 0 aliphatic carbocycles. The molecule has 0 bridgehead atoms. The number of hydrazine groups is 1. The van der Waals surface area contributed by atoms with Gasteiger partial charge in [0.2, 0.25) is 6.17 Å². The minimum absolute atomic E-state index is 0.324. The van der Waals surface area contributed by atoms with E-state index in [1.165, 1.54) is 0 Å². The standard InChI is InChI=1S/C10H17N6/c1-16(2)15-10(14-13-8-6-11)9-5-3-4-7-12-9/h3-5,7,10,15H,1,6,8,11H2,2H3/q+1. The Kier molecular flexibility index (Phi) is 5.07. The second-order valence-corrected chi connectivity index (χ2v) is 3.25. The summed E-state index contributed by atoms with van der Waals surface area (Å²) in [6, 6.07) is 5.63. The summed E-state index contributed by atoms with van der Waals surface area (Å²) in [4.78, 5) is 4.21. The number of azo groups is 1. The largest absolute Gasteiger partial charge is 0.329 e. The number of hydrogen-bond donors (Lipinski definition) is 2. The lowest BCUT2D eigenvalue weighted by Gasteiger charge is -2.09. The highest BCUT2D eigenvalue weighted by molar-refractivity contribution is 5.14.